The molecule has 0 aromatic heterocycles. The van der Waals surface area contributed by atoms with Crippen molar-refractivity contribution in [3.63, 3.8) is 0 Å². The van der Waals surface area contributed by atoms with Crippen LogP contribution in [0.3, 0.4) is 0 Å². The molecule has 0 aliphatic rings. The molecule has 20 heavy (non-hydrogen) atoms. The van der Waals surface area contributed by atoms with Crippen molar-refractivity contribution in [2.75, 3.05) is 21.3 Å². The summed E-state index contributed by atoms with van der Waals surface area (Å²) in [5.74, 6) is -2.58. The average Bonchev–Trinajstić information content (AvgIpc) is 2.50. The second-order valence-electron chi connectivity index (χ2n) is 3.95. The number of hydrogen-bond acceptors (Lipinski definition) is 6. The van der Waals surface area contributed by atoms with Crippen LogP contribution < -0.4 is 4.74 Å². The van der Waals surface area contributed by atoms with Gasteiger partial charge in [0.25, 0.3) is 0 Å². The van der Waals surface area contributed by atoms with Crippen LogP contribution >= 0.6 is 0 Å². The zero-order chi connectivity index (χ0) is 15.1. The highest BCUT2D eigenvalue weighted by molar-refractivity contribution is 6.04. The minimum Gasteiger partial charge on any atom is -0.497 e. The van der Waals surface area contributed by atoms with E-state index < -0.39 is 17.9 Å². The molecule has 0 radical (unpaired) electrons. The number of hydrogen-bond donors (Lipinski definition) is 0. The van der Waals surface area contributed by atoms with Gasteiger partial charge in [-0.3, -0.25) is 14.4 Å². The van der Waals surface area contributed by atoms with Gasteiger partial charge in [-0.25, -0.2) is 0 Å². The predicted octanol–water partition coefficient (Wildman–Crippen LogP) is 1.23. The Morgan fingerprint density at radius 1 is 0.950 bits per heavy atom. The minimum atomic E-state index is -1.25. The number of carbonyl (C=O) groups excluding carboxylic acids is 3. The van der Waals surface area contributed by atoms with E-state index >= 15 is 0 Å². The molecule has 0 N–H and O–H groups in total. The smallest absolute Gasteiger partial charge is 0.320 e. The first-order valence-electron chi connectivity index (χ1n) is 5.86. The van der Waals surface area contributed by atoms with E-state index in [9.17, 15) is 14.4 Å². The molecule has 1 aromatic carbocycles. The van der Waals surface area contributed by atoms with Crippen molar-refractivity contribution in [2.24, 2.45) is 5.92 Å². The molecule has 6 nitrogen and oxygen atoms in total. The lowest BCUT2D eigenvalue weighted by Crippen LogP contribution is -2.28. The molecule has 108 valence electrons. The van der Waals surface area contributed by atoms with Crippen LogP contribution in [0.2, 0.25) is 0 Å². The Bertz CT molecular complexity index is 475. The van der Waals surface area contributed by atoms with Gasteiger partial charge in [-0.2, -0.15) is 0 Å². The first-order chi connectivity index (χ1) is 9.53. The minimum absolute atomic E-state index is 0.300. The molecule has 6 heteroatoms. The van der Waals surface area contributed by atoms with Crippen LogP contribution in [0.4, 0.5) is 0 Å². The van der Waals surface area contributed by atoms with Gasteiger partial charge in [0.1, 0.15) is 5.75 Å². The predicted molar refractivity (Wildman–Crippen MR) is 69.5 cm³/mol. The van der Waals surface area contributed by atoms with E-state index in [1.54, 1.807) is 24.3 Å². The summed E-state index contributed by atoms with van der Waals surface area (Å²) >= 11 is 0. The number of ketones is 1. The second-order valence-corrected chi connectivity index (χ2v) is 3.95. The number of rotatable bonds is 6. The number of carbonyl (C=O) groups is 3. The molecule has 1 aromatic rings. The molecule has 0 unspecified atom stereocenters. The second kappa shape index (κ2) is 7.28. The van der Waals surface area contributed by atoms with Gasteiger partial charge in [0.05, 0.1) is 21.3 Å². The van der Waals surface area contributed by atoms with Crippen molar-refractivity contribution in [1.82, 2.24) is 0 Å². The van der Waals surface area contributed by atoms with Crippen LogP contribution in [-0.2, 0) is 19.1 Å². The highest BCUT2D eigenvalue weighted by atomic mass is 16.5. The van der Waals surface area contributed by atoms with Gasteiger partial charge < -0.3 is 14.2 Å². The zero-order valence-corrected chi connectivity index (χ0v) is 11.5. The van der Waals surface area contributed by atoms with Crippen molar-refractivity contribution >= 4 is 17.7 Å². The van der Waals surface area contributed by atoms with Crippen LogP contribution in [0.5, 0.6) is 5.75 Å². The summed E-state index contributed by atoms with van der Waals surface area (Å²) in [5.41, 5.74) is 0.378. The molecule has 0 bridgehead atoms. The maximum atomic E-state index is 12.0. The van der Waals surface area contributed by atoms with Crippen LogP contribution in [-0.4, -0.2) is 39.1 Å². The van der Waals surface area contributed by atoms with Crippen molar-refractivity contribution in [3.8, 4) is 5.75 Å². The largest absolute Gasteiger partial charge is 0.497 e. The van der Waals surface area contributed by atoms with Gasteiger partial charge in [-0.1, -0.05) is 0 Å². The lowest BCUT2D eigenvalue weighted by atomic mass is 9.98. The third-order valence-corrected chi connectivity index (χ3v) is 2.77. The number of esters is 2. The molecule has 0 heterocycles. The van der Waals surface area contributed by atoms with E-state index in [1.807, 2.05) is 0 Å². The molecule has 0 spiro atoms. The molecular formula is C14H16O6. The van der Waals surface area contributed by atoms with Crippen LogP contribution in [0, 0.1) is 5.92 Å². The summed E-state index contributed by atoms with van der Waals surface area (Å²) in [6.07, 6.45) is -0.300. The van der Waals surface area contributed by atoms with E-state index in [1.165, 1.54) is 7.11 Å². The fourth-order valence-corrected chi connectivity index (χ4v) is 1.63. The maximum Gasteiger partial charge on any atom is 0.320 e. The van der Waals surface area contributed by atoms with E-state index in [4.69, 9.17) is 4.74 Å². The Morgan fingerprint density at radius 2 is 1.45 bits per heavy atom. The molecule has 0 aliphatic heterocycles. The van der Waals surface area contributed by atoms with Gasteiger partial charge in [0.15, 0.2) is 11.7 Å². The third-order valence-electron chi connectivity index (χ3n) is 2.77. The maximum absolute atomic E-state index is 12.0. The fraction of sp³-hybridized carbons (Fsp3) is 0.357. The molecule has 0 aliphatic carbocycles. The summed E-state index contributed by atoms with van der Waals surface area (Å²) in [6.45, 7) is 0. The number of Topliss-reactive ketones (excluding diaryl/α,β-unsaturated/α-hetero) is 1. The standard InChI is InChI=1S/C14H16O6/c1-18-10-6-4-9(5-7-10)12(15)8-11(13(16)19-2)14(17)20-3/h4-7,11H,8H2,1-3H3. The lowest BCUT2D eigenvalue weighted by molar-refractivity contribution is -0.158. The number of ether oxygens (including phenoxy) is 3. The van der Waals surface area contributed by atoms with Crippen LogP contribution in [0.25, 0.3) is 0 Å². The Balaban J connectivity index is 2.84. The molecular weight excluding hydrogens is 264 g/mol. The number of benzene rings is 1. The summed E-state index contributed by atoms with van der Waals surface area (Å²) in [5, 5.41) is 0. The van der Waals surface area contributed by atoms with Crippen molar-refractivity contribution in [3.05, 3.63) is 29.8 Å². The topological polar surface area (TPSA) is 78.9 Å². The molecule has 1 rings (SSSR count). The Kier molecular flexibility index (Phi) is 5.71. The summed E-state index contributed by atoms with van der Waals surface area (Å²) in [6, 6.07) is 6.37. The SMILES string of the molecule is COC(=O)C(CC(=O)c1ccc(OC)cc1)C(=O)OC. The first kappa shape index (κ1) is 15.7. The summed E-state index contributed by atoms with van der Waals surface area (Å²) in [4.78, 5) is 35.0. The molecule has 0 atom stereocenters. The summed E-state index contributed by atoms with van der Waals surface area (Å²) in [7, 11) is 3.81. The van der Waals surface area contributed by atoms with Gasteiger partial charge >= 0.3 is 11.9 Å². The molecule has 0 fully saturated rings. The lowest BCUT2D eigenvalue weighted by Gasteiger charge is -2.11. The van der Waals surface area contributed by atoms with Crippen molar-refractivity contribution < 1.29 is 28.6 Å². The Hall–Kier alpha value is -2.37. The van der Waals surface area contributed by atoms with Gasteiger partial charge in [0.2, 0.25) is 0 Å². The van der Waals surface area contributed by atoms with E-state index in [2.05, 4.69) is 9.47 Å². The van der Waals surface area contributed by atoms with Gasteiger partial charge in [0, 0.05) is 12.0 Å². The fourth-order valence-electron chi connectivity index (χ4n) is 1.63. The highest BCUT2D eigenvalue weighted by Gasteiger charge is 2.31. The van der Waals surface area contributed by atoms with E-state index in [0.717, 1.165) is 14.2 Å². The Labute approximate surface area is 116 Å². The Morgan fingerprint density at radius 3 is 1.85 bits per heavy atom. The third kappa shape index (κ3) is 3.81. The molecule has 0 saturated heterocycles. The zero-order valence-electron chi connectivity index (χ0n) is 11.5. The summed E-state index contributed by atoms with van der Waals surface area (Å²) < 4.78 is 14.0. The van der Waals surface area contributed by atoms with Crippen molar-refractivity contribution in [2.45, 2.75) is 6.42 Å². The first-order valence-corrected chi connectivity index (χ1v) is 5.86. The van der Waals surface area contributed by atoms with Gasteiger partial charge in [-0.15, -0.1) is 0 Å². The molecule has 0 saturated carbocycles. The highest BCUT2D eigenvalue weighted by Crippen LogP contribution is 2.16. The van der Waals surface area contributed by atoms with Crippen LogP contribution in [0.15, 0.2) is 24.3 Å². The normalized spacial score (nSPS) is 10.0. The molecule has 0 amide bonds. The van der Waals surface area contributed by atoms with E-state index in [0.29, 0.717) is 11.3 Å². The van der Waals surface area contributed by atoms with Crippen molar-refractivity contribution in [1.29, 1.82) is 0 Å². The number of methoxy groups -OCH3 is 3. The van der Waals surface area contributed by atoms with Crippen LogP contribution in [0.1, 0.15) is 16.8 Å². The van der Waals surface area contributed by atoms with E-state index in [-0.39, 0.29) is 12.2 Å². The quantitative estimate of drug-likeness (QED) is 0.443. The van der Waals surface area contributed by atoms with Gasteiger partial charge in [-0.05, 0) is 24.3 Å². The average molecular weight is 280 g/mol. The monoisotopic (exact) mass is 280 g/mol.